The Hall–Kier alpha value is -2.94. The maximum Gasteiger partial charge on any atom is 0.240 e. The summed E-state index contributed by atoms with van der Waals surface area (Å²) in [5, 5.41) is 6.11. The van der Waals surface area contributed by atoms with Gasteiger partial charge in [-0.2, -0.15) is 4.98 Å². The smallest absolute Gasteiger partial charge is 0.240 e. The minimum atomic E-state index is -3.55. The maximum absolute atomic E-state index is 12.9. The third-order valence-corrected chi connectivity index (χ3v) is 7.90. The topological polar surface area (TPSA) is 110 Å². The van der Waals surface area contributed by atoms with Crippen molar-refractivity contribution in [1.29, 1.82) is 0 Å². The van der Waals surface area contributed by atoms with Crippen LogP contribution in [0.4, 0.5) is 11.8 Å². The van der Waals surface area contributed by atoms with Crippen molar-refractivity contribution in [2.24, 2.45) is 5.92 Å². The molecule has 9 heteroatoms. The molecule has 178 valence electrons. The van der Waals surface area contributed by atoms with Crippen LogP contribution in [0.1, 0.15) is 25.7 Å². The predicted molar refractivity (Wildman–Crippen MR) is 140 cm³/mol. The van der Waals surface area contributed by atoms with E-state index in [4.69, 9.17) is 5.73 Å². The second-order valence-electron chi connectivity index (χ2n) is 8.68. The monoisotopic (exact) mass is 497 g/mol. The number of para-hydroxylation sites is 1. The third-order valence-electron chi connectivity index (χ3n) is 6.38. The zero-order valence-corrected chi connectivity index (χ0v) is 20.3. The molecule has 0 unspecified atom stereocenters. The van der Waals surface area contributed by atoms with Crippen LogP contribution in [0.15, 0.2) is 71.6 Å². The lowest BCUT2D eigenvalue weighted by Gasteiger charge is -2.29. The summed E-state index contributed by atoms with van der Waals surface area (Å²) in [7, 11) is -3.55. The fourth-order valence-electron chi connectivity index (χ4n) is 4.52. The number of fused-ring (bicyclic) bond motifs is 2. The van der Waals surface area contributed by atoms with E-state index in [2.05, 4.69) is 20.0 Å². The van der Waals surface area contributed by atoms with E-state index < -0.39 is 10.0 Å². The molecule has 1 heterocycles. The predicted octanol–water partition coefficient (Wildman–Crippen LogP) is 4.74. The largest absolute Gasteiger partial charge is 0.383 e. The first kappa shape index (κ1) is 24.2. The van der Waals surface area contributed by atoms with Crippen LogP contribution in [0.25, 0.3) is 21.7 Å². The number of benzene rings is 3. The van der Waals surface area contributed by atoms with Crippen LogP contribution >= 0.6 is 12.4 Å². The lowest BCUT2D eigenvalue weighted by Crippen LogP contribution is -2.38. The molecule has 1 saturated carbocycles. The van der Waals surface area contributed by atoms with Crippen molar-refractivity contribution in [3.63, 3.8) is 0 Å². The molecule has 7 nitrogen and oxygen atoms in total. The minimum Gasteiger partial charge on any atom is -0.383 e. The van der Waals surface area contributed by atoms with Gasteiger partial charge in [-0.25, -0.2) is 18.1 Å². The van der Waals surface area contributed by atoms with Crippen molar-refractivity contribution in [3.05, 3.63) is 66.7 Å². The van der Waals surface area contributed by atoms with E-state index in [1.807, 2.05) is 54.6 Å². The summed E-state index contributed by atoms with van der Waals surface area (Å²) < 4.78 is 28.8. The number of rotatable bonds is 6. The van der Waals surface area contributed by atoms with Crippen LogP contribution < -0.4 is 15.8 Å². The number of nitrogens with two attached hydrogens (primary N) is 1. The first-order chi connectivity index (χ1) is 16.0. The van der Waals surface area contributed by atoms with Crippen molar-refractivity contribution < 1.29 is 8.42 Å². The van der Waals surface area contributed by atoms with E-state index in [1.54, 1.807) is 12.1 Å². The molecule has 4 aromatic rings. The number of sulfonamides is 1. The Balaban J connectivity index is 0.00000274. The van der Waals surface area contributed by atoms with Gasteiger partial charge in [0.1, 0.15) is 5.82 Å². The zero-order valence-electron chi connectivity index (χ0n) is 18.6. The van der Waals surface area contributed by atoms with Crippen molar-refractivity contribution >= 4 is 55.9 Å². The van der Waals surface area contributed by atoms with Crippen LogP contribution in [0.2, 0.25) is 0 Å². The molecule has 0 bridgehead atoms. The Morgan fingerprint density at radius 2 is 1.59 bits per heavy atom. The van der Waals surface area contributed by atoms with E-state index >= 15 is 0 Å². The highest BCUT2D eigenvalue weighted by atomic mass is 35.5. The zero-order chi connectivity index (χ0) is 22.8. The fourth-order valence-corrected chi connectivity index (χ4v) is 5.86. The number of nitrogens with zero attached hydrogens (tertiary/aromatic N) is 2. The van der Waals surface area contributed by atoms with Gasteiger partial charge in [-0.1, -0.05) is 42.5 Å². The summed E-state index contributed by atoms with van der Waals surface area (Å²) in [6.07, 6.45) is 3.47. The number of aromatic nitrogens is 2. The molecule has 0 spiro atoms. The third kappa shape index (κ3) is 5.24. The molecular weight excluding hydrogens is 470 g/mol. The molecular formula is C25H28ClN5O2S. The number of hydrogen-bond donors (Lipinski definition) is 3. The lowest BCUT2D eigenvalue weighted by molar-refractivity contribution is 0.323. The summed E-state index contributed by atoms with van der Waals surface area (Å²) in [4.78, 5) is 9.23. The van der Waals surface area contributed by atoms with E-state index in [1.165, 1.54) is 0 Å². The van der Waals surface area contributed by atoms with Gasteiger partial charge < -0.3 is 11.1 Å². The minimum absolute atomic E-state index is 0. The Labute approximate surface area is 205 Å². The fraction of sp³-hybridized carbons (Fsp3) is 0.280. The van der Waals surface area contributed by atoms with Crippen LogP contribution in [0.3, 0.4) is 0 Å². The lowest BCUT2D eigenvalue weighted by atomic mass is 9.86. The second kappa shape index (κ2) is 10.1. The molecule has 1 aliphatic rings. The standard InChI is InChI=1S/C25H27N5O2S.ClH/c26-24-22-7-3-4-8-23(22)28-25(29-24)27-16-17-9-12-20(13-10-17)30-33(31,32)21-14-11-18-5-1-2-6-19(18)15-21;/h1-8,11,14-15,17,20,30H,9-10,12-13,16H2,(H3,26,27,28,29);1H. The van der Waals surface area contributed by atoms with Crippen molar-refractivity contribution in [1.82, 2.24) is 14.7 Å². The molecule has 0 amide bonds. The van der Waals surface area contributed by atoms with Gasteiger partial charge in [0, 0.05) is 18.0 Å². The first-order valence-electron chi connectivity index (χ1n) is 11.3. The van der Waals surface area contributed by atoms with Gasteiger partial charge in [-0.3, -0.25) is 0 Å². The quantitative estimate of drug-likeness (QED) is 0.355. The summed E-state index contributed by atoms with van der Waals surface area (Å²) in [5.74, 6) is 1.43. The van der Waals surface area contributed by atoms with E-state index in [0.29, 0.717) is 22.6 Å². The van der Waals surface area contributed by atoms with Gasteiger partial charge in [0.15, 0.2) is 0 Å². The van der Waals surface area contributed by atoms with Crippen LogP contribution in [0.5, 0.6) is 0 Å². The number of nitrogens with one attached hydrogen (secondary N) is 2. The van der Waals surface area contributed by atoms with E-state index in [9.17, 15) is 8.42 Å². The number of halogens is 1. The highest BCUT2D eigenvalue weighted by molar-refractivity contribution is 7.89. The van der Waals surface area contributed by atoms with Gasteiger partial charge in [0.05, 0.1) is 10.4 Å². The van der Waals surface area contributed by atoms with Crippen molar-refractivity contribution in [2.45, 2.75) is 36.6 Å². The molecule has 4 N–H and O–H groups in total. The second-order valence-corrected chi connectivity index (χ2v) is 10.4. The number of nitrogen functional groups attached to an aromatic ring is 1. The molecule has 1 aliphatic carbocycles. The van der Waals surface area contributed by atoms with Crippen molar-refractivity contribution in [3.8, 4) is 0 Å². The van der Waals surface area contributed by atoms with Gasteiger partial charge in [-0.15, -0.1) is 12.4 Å². The average molecular weight is 498 g/mol. The van der Waals surface area contributed by atoms with E-state index in [0.717, 1.165) is 53.9 Å². The van der Waals surface area contributed by atoms with E-state index in [-0.39, 0.29) is 18.4 Å². The van der Waals surface area contributed by atoms with Gasteiger partial charge >= 0.3 is 0 Å². The summed E-state index contributed by atoms with van der Waals surface area (Å²) in [6, 6.07) is 20.7. The van der Waals surface area contributed by atoms with Crippen LogP contribution in [-0.4, -0.2) is 31.0 Å². The SMILES string of the molecule is Cl.Nc1nc(NCC2CCC(NS(=O)(=O)c3ccc4ccccc4c3)CC2)nc2ccccc12. The molecule has 5 rings (SSSR count). The molecule has 0 aliphatic heterocycles. The number of anilines is 2. The molecule has 3 aromatic carbocycles. The molecule has 0 saturated heterocycles. The Morgan fingerprint density at radius 3 is 2.38 bits per heavy atom. The Bertz CT molecular complexity index is 1410. The maximum atomic E-state index is 12.9. The highest BCUT2D eigenvalue weighted by Crippen LogP contribution is 2.27. The Kier molecular flexibility index (Phi) is 7.21. The first-order valence-corrected chi connectivity index (χ1v) is 12.7. The number of hydrogen-bond acceptors (Lipinski definition) is 6. The molecule has 0 radical (unpaired) electrons. The van der Waals surface area contributed by atoms with Crippen LogP contribution in [0, 0.1) is 5.92 Å². The average Bonchev–Trinajstić information content (AvgIpc) is 2.83. The molecule has 1 fully saturated rings. The van der Waals surface area contributed by atoms with Gasteiger partial charge in [-0.05, 0) is 66.6 Å². The van der Waals surface area contributed by atoms with Gasteiger partial charge in [0.2, 0.25) is 16.0 Å². The van der Waals surface area contributed by atoms with Crippen molar-refractivity contribution in [2.75, 3.05) is 17.6 Å². The van der Waals surface area contributed by atoms with Crippen LogP contribution in [-0.2, 0) is 10.0 Å². The molecule has 34 heavy (non-hydrogen) atoms. The summed E-state index contributed by atoms with van der Waals surface area (Å²) >= 11 is 0. The molecule has 1 aromatic heterocycles. The highest BCUT2D eigenvalue weighted by Gasteiger charge is 2.26. The van der Waals surface area contributed by atoms with Gasteiger partial charge in [0.25, 0.3) is 0 Å². The summed E-state index contributed by atoms with van der Waals surface area (Å²) in [5.41, 5.74) is 6.88. The Morgan fingerprint density at radius 1 is 0.882 bits per heavy atom. The normalized spacial score (nSPS) is 18.5. The summed E-state index contributed by atoms with van der Waals surface area (Å²) in [6.45, 7) is 0.738. The molecule has 0 atom stereocenters.